The van der Waals surface area contributed by atoms with Gasteiger partial charge in [-0.15, -0.1) is 0 Å². The lowest BCUT2D eigenvalue weighted by molar-refractivity contribution is 0.101. The van der Waals surface area contributed by atoms with Crippen LogP contribution in [0.25, 0.3) is 10.9 Å². The van der Waals surface area contributed by atoms with Gasteiger partial charge in [0.25, 0.3) is 5.91 Å². The molecule has 120 valence electrons. The second kappa shape index (κ2) is 6.37. The molecule has 0 radical (unpaired) electrons. The monoisotopic (exact) mass is 342 g/mol. The number of ketones is 1. The predicted octanol–water partition coefficient (Wildman–Crippen LogP) is 4.48. The number of carbonyl (C=O) groups is 2. The highest BCUT2D eigenvalue weighted by atomic mass is 35.5. The molecule has 0 bridgehead atoms. The zero-order valence-corrected chi connectivity index (χ0v) is 13.4. The van der Waals surface area contributed by atoms with Crippen molar-refractivity contribution in [2.45, 2.75) is 6.92 Å². The summed E-state index contributed by atoms with van der Waals surface area (Å²) in [6.45, 7) is 1.47. The predicted molar refractivity (Wildman–Crippen MR) is 91.1 cm³/mol. The summed E-state index contributed by atoms with van der Waals surface area (Å²) in [4.78, 5) is 27.7. The number of aromatic nitrogens is 1. The molecule has 4 nitrogen and oxygen atoms in total. The third-order valence-corrected chi connectivity index (χ3v) is 3.82. The van der Waals surface area contributed by atoms with Crippen molar-refractivity contribution in [1.29, 1.82) is 0 Å². The van der Waals surface area contributed by atoms with Gasteiger partial charge in [0.15, 0.2) is 5.78 Å². The molecular formula is C18H12ClFN2O2. The molecule has 0 unspecified atom stereocenters. The zero-order valence-electron chi connectivity index (χ0n) is 12.6. The van der Waals surface area contributed by atoms with E-state index in [2.05, 4.69) is 10.3 Å². The van der Waals surface area contributed by atoms with Crippen LogP contribution in [0.5, 0.6) is 0 Å². The highest BCUT2D eigenvalue weighted by Gasteiger charge is 2.14. The van der Waals surface area contributed by atoms with Gasteiger partial charge in [-0.25, -0.2) is 9.37 Å². The van der Waals surface area contributed by atoms with E-state index in [1.807, 2.05) is 0 Å². The van der Waals surface area contributed by atoms with Crippen molar-refractivity contribution in [1.82, 2.24) is 4.98 Å². The summed E-state index contributed by atoms with van der Waals surface area (Å²) in [6.07, 6.45) is 0. The number of halogens is 2. The Balaban J connectivity index is 1.89. The van der Waals surface area contributed by atoms with Gasteiger partial charge in [0.2, 0.25) is 0 Å². The summed E-state index contributed by atoms with van der Waals surface area (Å²) in [6, 6.07) is 12.2. The fraction of sp³-hybridized carbons (Fsp3) is 0.0556. The second-order valence-electron chi connectivity index (χ2n) is 5.25. The molecule has 0 aliphatic carbocycles. The zero-order chi connectivity index (χ0) is 17.3. The van der Waals surface area contributed by atoms with Gasteiger partial charge < -0.3 is 5.32 Å². The third kappa shape index (κ3) is 3.26. The maximum atomic E-state index is 13.2. The Morgan fingerprint density at radius 3 is 2.46 bits per heavy atom. The number of nitrogens with one attached hydrogen (secondary N) is 1. The Hall–Kier alpha value is -2.79. The van der Waals surface area contributed by atoms with Crippen LogP contribution in [0.2, 0.25) is 5.15 Å². The van der Waals surface area contributed by atoms with E-state index in [-0.39, 0.29) is 16.5 Å². The molecule has 1 heterocycles. The first-order valence-corrected chi connectivity index (χ1v) is 7.50. The first-order valence-electron chi connectivity index (χ1n) is 7.12. The van der Waals surface area contributed by atoms with Crippen LogP contribution in [-0.4, -0.2) is 16.7 Å². The van der Waals surface area contributed by atoms with Crippen LogP contribution in [0.4, 0.5) is 10.1 Å². The lowest BCUT2D eigenvalue weighted by Crippen LogP contribution is -2.13. The van der Waals surface area contributed by atoms with E-state index >= 15 is 0 Å². The molecule has 2 aromatic carbocycles. The molecule has 0 atom stereocenters. The van der Waals surface area contributed by atoms with Crippen LogP contribution in [0.3, 0.4) is 0 Å². The van der Waals surface area contributed by atoms with Gasteiger partial charge in [-0.2, -0.15) is 0 Å². The summed E-state index contributed by atoms with van der Waals surface area (Å²) >= 11 is 6.04. The molecule has 3 rings (SSSR count). The van der Waals surface area contributed by atoms with Gasteiger partial charge in [-0.3, -0.25) is 9.59 Å². The molecule has 6 heteroatoms. The smallest absolute Gasteiger partial charge is 0.258 e. The molecule has 1 N–H and O–H groups in total. The van der Waals surface area contributed by atoms with Gasteiger partial charge in [0.1, 0.15) is 11.0 Å². The summed E-state index contributed by atoms with van der Waals surface area (Å²) in [7, 11) is 0. The van der Waals surface area contributed by atoms with Gasteiger partial charge in [-0.1, -0.05) is 11.6 Å². The van der Waals surface area contributed by atoms with Crippen LogP contribution in [-0.2, 0) is 0 Å². The minimum absolute atomic E-state index is 0.00837. The Bertz CT molecular complexity index is 955. The van der Waals surface area contributed by atoms with Gasteiger partial charge in [0, 0.05) is 22.7 Å². The number of rotatable bonds is 3. The van der Waals surface area contributed by atoms with Crippen LogP contribution in [0, 0.1) is 5.82 Å². The van der Waals surface area contributed by atoms with E-state index in [4.69, 9.17) is 11.6 Å². The normalized spacial score (nSPS) is 10.6. The third-order valence-electron chi connectivity index (χ3n) is 3.53. The van der Waals surface area contributed by atoms with Crippen molar-refractivity contribution in [3.05, 3.63) is 70.6 Å². The summed E-state index contributed by atoms with van der Waals surface area (Å²) < 4.78 is 13.2. The van der Waals surface area contributed by atoms with Crippen LogP contribution in [0.15, 0.2) is 48.5 Å². The number of benzene rings is 2. The van der Waals surface area contributed by atoms with Crippen molar-refractivity contribution >= 4 is 39.9 Å². The maximum absolute atomic E-state index is 13.2. The Labute approximate surface area is 142 Å². The van der Waals surface area contributed by atoms with Gasteiger partial charge >= 0.3 is 0 Å². The van der Waals surface area contributed by atoms with Crippen molar-refractivity contribution in [2.24, 2.45) is 0 Å². The molecule has 0 fully saturated rings. The van der Waals surface area contributed by atoms with Crippen molar-refractivity contribution in [3.63, 3.8) is 0 Å². The highest BCUT2D eigenvalue weighted by Crippen LogP contribution is 2.22. The number of fused-ring (bicyclic) bond motifs is 1. The molecule has 0 aliphatic heterocycles. The fourth-order valence-electron chi connectivity index (χ4n) is 2.26. The molecule has 1 amide bonds. The first kappa shape index (κ1) is 16.1. The number of pyridine rings is 1. The number of amides is 1. The van der Waals surface area contributed by atoms with Crippen LogP contribution >= 0.6 is 11.6 Å². The molecule has 1 aromatic heterocycles. The Morgan fingerprint density at radius 2 is 1.79 bits per heavy atom. The number of carbonyl (C=O) groups excluding carboxylic acids is 2. The van der Waals surface area contributed by atoms with Crippen LogP contribution < -0.4 is 5.32 Å². The van der Waals surface area contributed by atoms with E-state index < -0.39 is 11.7 Å². The van der Waals surface area contributed by atoms with E-state index in [0.29, 0.717) is 22.2 Å². The molecule has 0 spiro atoms. The lowest BCUT2D eigenvalue weighted by atomic mass is 10.1. The SMILES string of the molecule is CC(=O)c1ccc(NC(=O)c2cc3ccc(F)cc3nc2Cl)cc1. The minimum Gasteiger partial charge on any atom is -0.322 e. The topological polar surface area (TPSA) is 59.1 Å². The standard InChI is InChI=1S/C18H12ClFN2O2/c1-10(23)11-3-6-14(7-4-11)21-18(24)15-8-12-2-5-13(20)9-16(12)22-17(15)19/h2-9H,1H3,(H,21,24). The lowest BCUT2D eigenvalue weighted by Gasteiger charge is -2.08. The molecule has 0 aliphatic rings. The number of hydrogen-bond acceptors (Lipinski definition) is 3. The van der Waals surface area contributed by atoms with Gasteiger partial charge in [-0.05, 0) is 49.4 Å². The number of nitrogens with zero attached hydrogens (tertiary/aromatic N) is 1. The largest absolute Gasteiger partial charge is 0.322 e. The first-order chi connectivity index (χ1) is 11.4. The molecular weight excluding hydrogens is 331 g/mol. The number of Topliss-reactive ketones (excluding diaryl/α,β-unsaturated/α-hetero) is 1. The van der Waals surface area contributed by atoms with E-state index in [0.717, 1.165) is 0 Å². The number of hydrogen-bond donors (Lipinski definition) is 1. The second-order valence-corrected chi connectivity index (χ2v) is 5.61. The fourth-order valence-corrected chi connectivity index (χ4v) is 2.49. The quantitative estimate of drug-likeness (QED) is 0.564. The number of anilines is 1. The Morgan fingerprint density at radius 1 is 1.08 bits per heavy atom. The average molecular weight is 343 g/mol. The molecule has 0 saturated carbocycles. The van der Waals surface area contributed by atoms with Crippen molar-refractivity contribution < 1.29 is 14.0 Å². The Kier molecular flexibility index (Phi) is 4.27. The van der Waals surface area contributed by atoms with Crippen molar-refractivity contribution in [2.75, 3.05) is 5.32 Å². The molecule has 3 aromatic rings. The van der Waals surface area contributed by atoms with Crippen LogP contribution in [0.1, 0.15) is 27.6 Å². The average Bonchev–Trinajstić information content (AvgIpc) is 2.54. The molecule has 0 saturated heterocycles. The maximum Gasteiger partial charge on any atom is 0.258 e. The van der Waals surface area contributed by atoms with Gasteiger partial charge in [0.05, 0.1) is 11.1 Å². The minimum atomic E-state index is -0.436. The van der Waals surface area contributed by atoms with Crippen molar-refractivity contribution in [3.8, 4) is 0 Å². The van der Waals surface area contributed by atoms with E-state index in [1.165, 1.54) is 25.1 Å². The van der Waals surface area contributed by atoms with E-state index in [1.54, 1.807) is 30.3 Å². The van der Waals surface area contributed by atoms with E-state index in [9.17, 15) is 14.0 Å². The highest BCUT2D eigenvalue weighted by molar-refractivity contribution is 6.33. The summed E-state index contributed by atoms with van der Waals surface area (Å²) in [5, 5.41) is 3.29. The molecule has 24 heavy (non-hydrogen) atoms. The summed E-state index contributed by atoms with van der Waals surface area (Å²) in [5.41, 5.74) is 1.65. The summed E-state index contributed by atoms with van der Waals surface area (Å²) in [5.74, 6) is -0.912.